The Balaban J connectivity index is 1.57. The first kappa shape index (κ1) is 17.9. The van der Waals surface area contributed by atoms with Crippen LogP contribution in [0.15, 0.2) is 43.2 Å². The molecule has 3 rings (SSSR count). The standard InChI is InChI=1S/C19H27N5S/c25-19(22-18-5-2-1-3-6-18)24(15-17-7-9-20-10-8-17)13-4-12-23-14-11-21-16-23/h7-11,14,16,18H,1-6,12-13,15H2,(H,22,25). The van der Waals surface area contributed by atoms with Crippen molar-refractivity contribution in [3.05, 3.63) is 48.8 Å². The average Bonchev–Trinajstić information content (AvgIpc) is 3.16. The number of imidazole rings is 1. The van der Waals surface area contributed by atoms with E-state index < -0.39 is 0 Å². The lowest BCUT2D eigenvalue weighted by Crippen LogP contribution is -2.45. The molecule has 0 radical (unpaired) electrons. The second-order valence-electron chi connectivity index (χ2n) is 6.72. The summed E-state index contributed by atoms with van der Waals surface area (Å²) in [4.78, 5) is 10.5. The van der Waals surface area contributed by atoms with Gasteiger partial charge in [0.05, 0.1) is 6.33 Å². The van der Waals surface area contributed by atoms with Crippen LogP contribution in [0.25, 0.3) is 0 Å². The predicted octanol–water partition coefficient (Wildman–Crippen LogP) is 3.38. The van der Waals surface area contributed by atoms with E-state index in [1.165, 1.54) is 37.7 Å². The fourth-order valence-electron chi connectivity index (χ4n) is 3.34. The molecule has 0 bridgehead atoms. The van der Waals surface area contributed by atoms with Gasteiger partial charge in [-0.3, -0.25) is 4.98 Å². The first-order chi connectivity index (χ1) is 12.3. The zero-order chi connectivity index (χ0) is 17.3. The number of aryl methyl sites for hydroxylation is 1. The van der Waals surface area contributed by atoms with Gasteiger partial charge in [-0.15, -0.1) is 0 Å². The van der Waals surface area contributed by atoms with Crippen LogP contribution in [-0.4, -0.2) is 37.1 Å². The highest BCUT2D eigenvalue weighted by molar-refractivity contribution is 7.80. The number of aromatic nitrogens is 3. The van der Waals surface area contributed by atoms with Crippen LogP contribution in [0.1, 0.15) is 44.1 Å². The van der Waals surface area contributed by atoms with Crippen molar-refractivity contribution in [2.75, 3.05) is 6.54 Å². The molecule has 6 heteroatoms. The molecule has 2 heterocycles. The van der Waals surface area contributed by atoms with Crippen LogP contribution in [-0.2, 0) is 13.1 Å². The molecule has 1 saturated carbocycles. The van der Waals surface area contributed by atoms with Gasteiger partial charge in [-0.1, -0.05) is 19.3 Å². The second-order valence-corrected chi connectivity index (χ2v) is 7.10. The van der Waals surface area contributed by atoms with Gasteiger partial charge >= 0.3 is 0 Å². The Kier molecular flexibility index (Phi) is 6.79. The number of hydrogen-bond acceptors (Lipinski definition) is 3. The van der Waals surface area contributed by atoms with Crippen LogP contribution in [0.5, 0.6) is 0 Å². The molecule has 0 atom stereocenters. The molecule has 0 saturated heterocycles. The maximum atomic E-state index is 5.75. The predicted molar refractivity (Wildman–Crippen MR) is 104 cm³/mol. The number of hydrogen-bond donors (Lipinski definition) is 1. The Morgan fingerprint density at radius 2 is 1.96 bits per heavy atom. The van der Waals surface area contributed by atoms with Gasteiger partial charge in [0, 0.05) is 50.5 Å². The lowest BCUT2D eigenvalue weighted by molar-refractivity contribution is 0.357. The van der Waals surface area contributed by atoms with E-state index in [0.717, 1.165) is 31.2 Å². The largest absolute Gasteiger partial charge is 0.360 e. The van der Waals surface area contributed by atoms with Crippen LogP contribution in [0.4, 0.5) is 0 Å². The lowest BCUT2D eigenvalue weighted by Gasteiger charge is -2.31. The fraction of sp³-hybridized carbons (Fsp3) is 0.526. The number of nitrogens with zero attached hydrogens (tertiary/aromatic N) is 4. The van der Waals surface area contributed by atoms with E-state index in [4.69, 9.17) is 12.2 Å². The summed E-state index contributed by atoms with van der Waals surface area (Å²) >= 11 is 5.75. The Bertz CT molecular complexity index is 623. The van der Waals surface area contributed by atoms with Gasteiger partial charge in [0.25, 0.3) is 0 Å². The maximum absolute atomic E-state index is 5.75. The molecule has 1 N–H and O–H groups in total. The molecule has 2 aromatic rings. The monoisotopic (exact) mass is 357 g/mol. The number of rotatable bonds is 7. The van der Waals surface area contributed by atoms with Crippen molar-refractivity contribution in [2.45, 2.75) is 57.7 Å². The van der Waals surface area contributed by atoms with Crippen LogP contribution in [0.3, 0.4) is 0 Å². The fourth-order valence-corrected chi connectivity index (χ4v) is 3.66. The van der Waals surface area contributed by atoms with E-state index in [0.29, 0.717) is 6.04 Å². The first-order valence-corrected chi connectivity index (χ1v) is 9.62. The van der Waals surface area contributed by atoms with Gasteiger partial charge in [-0.05, 0) is 49.2 Å². The third kappa shape index (κ3) is 5.81. The second kappa shape index (κ2) is 9.51. The molecule has 0 amide bonds. The van der Waals surface area contributed by atoms with E-state index in [1.807, 2.05) is 31.1 Å². The minimum Gasteiger partial charge on any atom is -0.360 e. The number of thiocarbonyl (C=S) groups is 1. The summed E-state index contributed by atoms with van der Waals surface area (Å²) < 4.78 is 2.11. The van der Waals surface area contributed by atoms with Crippen molar-refractivity contribution in [3.8, 4) is 0 Å². The molecule has 0 aromatic carbocycles. The molecule has 1 aliphatic rings. The molecule has 5 nitrogen and oxygen atoms in total. The molecule has 0 unspecified atom stereocenters. The van der Waals surface area contributed by atoms with E-state index in [-0.39, 0.29) is 0 Å². The van der Waals surface area contributed by atoms with Gasteiger partial charge in [0.2, 0.25) is 0 Å². The van der Waals surface area contributed by atoms with Gasteiger partial charge in [-0.25, -0.2) is 4.98 Å². The van der Waals surface area contributed by atoms with Gasteiger partial charge in [-0.2, -0.15) is 0 Å². The van der Waals surface area contributed by atoms with Gasteiger partial charge < -0.3 is 14.8 Å². The van der Waals surface area contributed by atoms with Crippen molar-refractivity contribution in [3.63, 3.8) is 0 Å². The van der Waals surface area contributed by atoms with Crippen LogP contribution >= 0.6 is 12.2 Å². The summed E-state index contributed by atoms with van der Waals surface area (Å²) in [6.07, 6.45) is 16.9. The Labute approximate surface area is 155 Å². The maximum Gasteiger partial charge on any atom is 0.169 e. The molecule has 0 aliphatic heterocycles. The molecule has 2 aromatic heterocycles. The minimum atomic E-state index is 0.537. The Morgan fingerprint density at radius 3 is 2.68 bits per heavy atom. The normalized spacial score (nSPS) is 15.0. The highest BCUT2D eigenvalue weighted by atomic mass is 32.1. The summed E-state index contributed by atoms with van der Waals surface area (Å²) in [5, 5.41) is 4.49. The topological polar surface area (TPSA) is 46.0 Å². The SMILES string of the molecule is S=C(NC1CCCCC1)N(CCCn1ccnc1)Cc1ccncc1. The lowest BCUT2D eigenvalue weighted by atomic mass is 9.96. The molecule has 1 fully saturated rings. The summed E-state index contributed by atoms with van der Waals surface area (Å²) in [6.45, 7) is 2.71. The van der Waals surface area contributed by atoms with Crippen LogP contribution in [0, 0.1) is 0 Å². The van der Waals surface area contributed by atoms with Crippen molar-refractivity contribution in [1.82, 2.24) is 24.8 Å². The molecular formula is C19H27N5S. The Morgan fingerprint density at radius 1 is 1.16 bits per heavy atom. The first-order valence-electron chi connectivity index (χ1n) is 9.21. The summed E-state index contributed by atoms with van der Waals surface area (Å²) in [6, 6.07) is 4.66. The zero-order valence-electron chi connectivity index (χ0n) is 14.7. The van der Waals surface area contributed by atoms with Crippen LogP contribution in [0.2, 0.25) is 0 Å². The highest BCUT2D eigenvalue weighted by Gasteiger charge is 2.17. The summed E-state index contributed by atoms with van der Waals surface area (Å²) in [7, 11) is 0. The molecular weight excluding hydrogens is 330 g/mol. The van der Waals surface area contributed by atoms with E-state index in [1.54, 1.807) is 0 Å². The summed E-state index contributed by atoms with van der Waals surface area (Å²) in [5.41, 5.74) is 1.24. The quantitative estimate of drug-likeness (QED) is 0.770. The molecule has 1 aliphatic carbocycles. The van der Waals surface area contributed by atoms with Crippen molar-refractivity contribution in [2.24, 2.45) is 0 Å². The van der Waals surface area contributed by atoms with E-state index in [2.05, 4.69) is 36.9 Å². The zero-order valence-corrected chi connectivity index (χ0v) is 15.5. The van der Waals surface area contributed by atoms with Crippen molar-refractivity contribution >= 4 is 17.3 Å². The van der Waals surface area contributed by atoms with E-state index >= 15 is 0 Å². The van der Waals surface area contributed by atoms with Crippen molar-refractivity contribution in [1.29, 1.82) is 0 Å². The number of nitrogens with one attached hydrogen (secondary N) is 1. The third-order valence-corrected chi connectivity index (χ3v) is 5.12. The highest BCUT2D eigenvalue weighted by Crippen LogP contribution is 2.18. The molecule has 0 spiro atoms. The molecule has 134 valence electrons. The number of pyridine rings is 1. The van der Waals surface area contributed by atoms with Crippen molar-refractivity contribution < 1.29 is 0 Å². The Hall–Kier alpha value is -1.95. The summed E-state index contributed by atoms with van der Waals surface area (Å²) in [5.74, 6) is 0. The smallest absolute Gasteiger partial charge is 0.169 e. The van der Waals surface area contributed by atoms with E-state index in [9.17, 15) is 0 Å². The van der Waals surface area contributed by atoms with Gasteiger partial charge in [0.15, 0.2) is 5.11 Å². The minimum absolute atomic E-state index is 0.537. The third-order valence-electron chi connectivity index (χ3n) is 4.75. The van der Waals surface area contributed by atoms with Crippen LogP contribution < -0.4 is 5.32 Å². The van der Waals surface area contributed by atoms with Gasteiger partial charge in [0.1, 0.15) is 0 Å². The molecule has 25 heavy (non-hydrogen) atoms. The average molecular weight is 358 g/mol.